The van der Waals surface area contributed by atoms with E-state index in [1.807, 2.05) is 12.1 Å². The van der Waals surface area contributed by atoms with E-state index in [0.717, 1.165) is 5.56 Å². The van der Waals surface area contributed by atoms with Crippen LogP contribution in [0.1, 0.15) is 19.4 Å². The largest absolute Gasteiger partial charge is 0.454 e. The summed E-state index contributed by atoms with van der Waals surface area (Å²) in [6, 6.07) is 3.84. The van der Waals surface area contributed by atoms with Crippen molar-refractivity contribution in [3.63, 3.8) is 0 Å². The fourth-order valence-electron chi connectivity index (χ4n) is 1.88. The van der Waals surface area contributed by atoms with Crippen molar-refractivity contribution in [1.29, 1.82) is 0 Å². The summed E-state index contributed by atoms with van der Waals surface area (Å²) in [4.78, 5) is 0. The van der Waals surface area contributed by atoms with Crippen molar-refractivity contribution in [2.45, 2.75) is 25.9 Å². The predicted molar refractivity (Wildman–Crippen MR) is 70.4 cm³/mol. The Hall–Kier alpha value is -0.970. The summed E-state index contributed by atoms with van der Waals surface area (Å²) in [5, 5.41) is 4.00. The van der Waals surface area contributed by atoms with Gasteiger partial charge in [-0.05, 0) is 31.5 Å². The second kappa shape index (κ2) is 5.34. The van der Waals surface area contributed by atoms with Gasteiger partial charge in [-0.3, -0.25) is 0 Å². The van der Waals surface area contributed by atoms with Crippen molar-refractivity contribution in [1.82, 2.24) is 5.32 Å². The molecule has 1 heterocycles. The Bertz CT molecular complexity index is 434. The van der Waals surface area contributed by atoms with E-state index in [-0.39, 0.29) is 12.3 Å². The van der Waals surface area contributed by atoms with Gasteiger partial charge in [-0.15, -0.1) is 0 Å². The van der Waals surface area contributed by atoms with E-state index in [0.29, 0.717) is 29.7 Å². The number of rotatable bonds is 5. The predicted octanol–water partition coefficient (Wildman–Crippen LogP) is 2.58. The lowest BCUT2D eigenvalue weighted by Gasteiger charge is -2.25. The highest BCUT2D eigenvalue weighted by Gasteiger charge is 2.20. The average Bonchev–Trinajstić information content (AvgIpc) is 2.75. The van der Waals surface area contributed by atoms with Gasteiger partial charge in [-0.2, -0.15) is 0 Å². The highest BCUT2D eigenvalue weighted by Crippen LogP contribution is 2.39. The first-order valence-electron chi connectivity index (χ1n) is 5.84. The number of nitrogens with one attached hydrogen (secondary N) is 1. The highest BCUT2D eigenvalue weighted by molar-refractivity contribution is 6.32. The summed E-state index contributed by atoms with van der Waals surface area (Å²) in [6.07, 6.45) is 0. The molecular formula is C13H18ClNO3. The Balaban J connectivity index is 2.04. The number of hydrogen-bond acceptors (Lipinski definition) is 4. The van der Waals surface area contributed by atoms with Gasteiger partial charge in [0, 0.05) is 19.2 Å². The van der Waals surface area contributed by atoms with Crippen LogP contribution in [-0.4, -0.2) is 26.0 Å². The molecule has 0 fully saturated rings. The zero-order valence-corrected chi connectivity index (χ0v) is 11.6. The molecule has 0 saturated heterocycles. The van der Waals surface area contributed by atoms with Crippen LogP contribution in [-0.2, 0) is 11.3 Å². The number of fused-ring (bicyclic) bond motifs is 1. The van der Waals surface area contributed by atoms with Crippen LogP contribution < -0.4 is 14.8 Å². The summed E-state index contributed by atoms with van der Waals surface area (Å²) in [7, 11) is 1.70. The first-order chi connectivity index (χ1) is 8.52. The molecule has 1 aliphatic heterocycles. The van der Waals surface area contributed by atoms with E-state index in [1.54, 1.807) is 7.11 Å². The average molecular weight is 272 g/mol. The van der Waals surface area contributed by atoms with Crippen molar-refractivity contribution in [3.8, 4) is 11.5 Å². The van der Waals surface area contributed by atoms with E-state index in [4.69, 9.17) is 25.8 Å². The number of ether oxygens (including phenoxy) is 3. The Morgan fingerprint density at radius 3 is 2.89 bits per heavy atom. The third kappa shape index (κ3) is 3.07. The lowest BCUT2D eigenvalue weighted by molar-refractivity contribution is 0.127. The molecule has 1 aliphatic rings. The molecule has 0 atom stereocenters. The number of halogens is 1. The Kier molecular flexibility index (Phi) is 4.00. The molecule has 0 radical (unpaired) electrons. The van der Waals surface area contributed by atoms with Crippen LogP contribution in [0.2, 0.25) is 5.02 Å². The summed E-state index contributed by atoms with van der Waals surface area (Å²) in [5.41, 5.74) is 0.978. The van der Waals surface area contributed by atoms with Crippen LogP contribution in [0.3, 0.4) is 0 Å². The third-order valence-corrected chi connectivity index (χ3v) is 3.04. The quantitative estimate of drug-likeness (QED) is 0.894. The molecule has 0 saturated carbocycles. The normalized spacial score (nSPS) is 14.0. The van der Waals surface area contributed by atoms with Crippen LogP contribution in [0.4, 0.5) is 0 Å². The maximum absolute atomic E-state index is 6.13. The zero-order valence-electron chi connectivity index (χ0n) is 10.9. The summed E-state index contributed by atoms with van der Waals surface area (Å²) in [6.45, 7) is 5.76. The van der Waals surface area contributed by atoms with Crippen LogP contribution in [0.5, 0.6) is 11.5 Å². The molecule has 0 spiro atoms. The molecule has 0 amide bonds. The fourth-order valence-corrected chi connectivity index (χ4v) is 2.16. The van der Waals surface area contributed by atoms with Crippen molar-refractivity contribution in [2.75, 3.05) is 20.5 Å². The van der Waals surface area contributed by atoms with Crippen molar-refractivity contribution in [3.05, 3.63) is 22.7 Å². The maximum Gasteiger partial charge on any atom is 0.231 e. The van der Waals surface area contributed by atoms with Crippen molar-refractivity contribution >= 4 is 11.6 Å². The van der Waals surface area contributed by atoms with Crippen LogP contribution in [0.25, 0.3) is 0 Å². The highest BCUT2D eigenvalue weighted by atomic mass is 35.5. The summed E-state index contributed by atoms with van der Waals surface area (Å²) >= 11 is 6.13. The Labute approximate surface area is 112 Å². The monoisotopic (exact) mass is 271 g/mol. The SMILES string of the molecule is COCC(C)(C)NCc1cc(Cl)c2c(c1)OCO2. The van der Waals surface area contributed by atoms with Crippen molar-refractivity contribution < 1.29 is 14.2 Å². The molecule has 0 bridgehead atoms. The molecule has 1 aromatic carbocycles. The number of hydrogen-bond donors (Lipinski definition) is 1. The van der Waals surface area contributed by atoms with Gasteiger partial charge in [0.2, 0.25) is 6.79 Å². The van der Waals surface area contributed by atoms with E-state index in [9.17, 15) is 0 Å². The fraction of sp³-hybridized carbons (Fsp3) is 0.538. The van der Waals surface area contributed by atoms with Gasteiger partial charge in [-0.1, -0.05) is 11.6 Å². The van der Waals surface area contributed by atoms with Gasteiger partial charge in [0.05, 0.1) is 11.6 Å². The number of benzene rings is 1. The standard InChI is InChI=1S/C13H18ClNO3/c1-13(2,7-16-3)15-6-9-4-10(14)12-11(5-9)17-8-18-12/h4-5,15H,6-8H2,1-3H3. The smallest absolute Gasteiger partial charge is 0.231 e. The van der Waals surface area contributed by atoms with Gasteiger partial charge in [0.1, 0.15) is 0 Å². The molecule has 0 aliphatic carbocycles. The lowest BCUT2D eigenvalue weighted by atomic mass is 10.1. The molecule has 100 valence electrons. The molecule has 2 rings (SSSR count). The molecular weight excluding hydrogens is 254 g/mol. The topological polar surface area (TPSA) is 39.7 Å². The summed E-state index contributed by atoms with van der Waals surface area (Å²) in [5.74, 6) is 1.35. The summed E-state index contributed by atoms with van der Waals surface area (Å²) < 4.78 is 15.8. The molecule has 5 heteroatoms. The molecule has 18 heavy (non-hydrogen) atoms. The van der Waals surface area contributed by atoms with Gasteiger partial charge >= 0.3 is 0 Å². The van der Waals surface area contributed by atoms with E-state index in [1.165, 1.54) is 0 Å². The third-order valence-electron chi connectivity index (χ3n) is 2.76. The zero-order chi connectivity index (χ0) is 13.2. The molecule has 0 aromatic heterocycles. The van der Waals surface area contributed by atoms with Crippen LogP contribution in [0.15, 0.2) is 12.1 Å². The Morgan fingerprint density at radius 2 is 2.17 bits per heavy atom. The van der Waals surface area contributed by atoms with E-state index >= 15 is 0 Å². The molecule has 1 aromatic rings. The van der Waals surface area contributed by atoms with Crippen LogP contribution >= 0.6 is 11.6 Å². The van der Waals surface area contributed by atoms with E-state index in [2.05, 4.69) is 19.2 Å². The lowest BCUT2D eigenvalue weighted by Crippen LogP contribution is -2.42. The first kappa shape index (κ1) is 13.5. The second-order valence-electron chi connectivity index (χ2n) is 4.98. The minimum atomic E-state index is -0.0857. The minimum Gasteiger partial charge on any atom is -0.454 e. The first-order valence-corrected chi connectivity index (χ1v) is 6.21. The molecule has 4 nitrogen and oxygen atoms in total. The molecule has 1 N–H and O–H groups in total. The van der Waals surface area contributed by atoms with E-state index < -0.39 is 0 Å². The van der Waals surface area contributed by atoms with Gasteiger partial charge in [-0.25, -0.2) is 0 Å². The van der Waals surface area contributed by atoms with Gasteiger partial charge in [0.15, 0.2) is 11.5 Å². The Morgan fingerprint density at radius 1 is 1.39 bits per heavy atom. The maximum atomic E-state index is 6.13. The minimum absolute atomic E-state index is 0.0857. The van der Waals surface area contributed by atoms with Gasteiger partial charge in [0.25, 0.3) is 0 Å². The molecule has 0 unspecified atom stereocenters. The number of methoxy groups -OCH3 is 1. The van der Waals surface area contributed by atoms with Gasteiger partial charge < -0.3 is 19.5 Å². The second-order valence-corrected chi connectivity index (χ2v) is 5.39. The van der Waals surface area contributed by atoms with Crippen molar-refractivity contribution in [2.24, 2.45) is 0 Å². The van der Waals surface area contributed by atoms with Crippen LogP contribution in [0, 0.1) is 0 Å².